The number of hydrogen-bond acceptors (Lipinski definition) is 5. The van der Waals surface area contributed by atoms with E-state index in [9.17, 15) is 35.8 Å². The Morgan fingerprint density at radius 3 is 2.26 bits per heavy atom. The van der Waals surface area contributed by atoms with Crippen LogP contribution in [0.15, 0.2) is 36.4 Å². The highest BCUT2D eigenvalue weighted by Gasteiger charge is 2.46. The summed E-state index contributed by atoms with van der Waals surface area (Å²) in [5.41, 5.74) is -2.65. The second kappa shape index (κ2) is 8.33. The SMILES string of the molecule is OC1C[C@@H]2C[C@@H]1CN2[C@H](CNc1cc(C(F)(F)F)nc2cc(C(F)(F)F)nn12)c1ccc(F)cc1. The van der Waals surface area contributed by atoms with Gasteiger partial charge in [-0.25, -0.2) is 9.37 Å². The summed E-state index contributed by atoms with van der Waals surface area (Å²) in [4.78, 5) is 5.40. The molecular formula is C22H20F7N5O. The van der Waals surface area contributed by atoms with E-state index in [1.165, 1.54) is 12.1 Å². The van der Waals surface area contributed by atoms with Crippen molar-refractivity contribution in [3.05, 3.63) is 59.2 Å². The van der Waals surface area contributed by atoms with Crippen molar-refractivity contribution < 1.29 is 35.8 Å². The number of piperidine rings is 1. The molecule has 188 valence electrons. The Morgan fingerprint density at radius 1 is 1.00 bits per heavy atom. The number of likely N-dealkylation sites (tertiary alicyclic amines) is 1. The Bertz CT molecular complexity index is 1220. The van der Waals surface area contributed by atoms with E-state index in [1.54, 1.807) is 12.1 Å². The molecule has 0 amide bonds. The van der Waals surface area contributed by atoms with Gasteiger partial charge in [0.2, 0.25) is 0 Å². The molecule has 2 aliphatic rings. The number of anilines is 1. The zero-order valence-electron chi connectivity index (χ0n) is 18.0. The Morgan fingerprint density at radius 2 is 1.69 bits per heavy atom. The van der Waals surface area contributed by atoms with Gasteiger partial charge in [0.25, 0.3) is 0 Å². The van der Waals surface area contributed by atoms with Crippen molar-refractivity contribution in [2.24, 2.45) is 5.92 Å². The van der Waals surface area contributed by atoms with Gasteiger partial charge in [0, 0.05) is 31.3 Å². The lowest BCUT2D eigenvalue weighted by molar-refractivity contribution is -0.142. The third-order valence-corrected chi connectivity index (χ3v) is 6.69. The van der Waals surface area contributed by atoms with Crippen molar-refractivity contribution in [3.63, 3.8) is 0 Å². The zero-order chi connectivity index (χ0) is 25.1. The van der Waals surface area contributed by atoms with E-state index in [0.717, 1.165) is 6.42 Å². The van der Waals surface area contributed by atoms with Crippen LogP contribution >= 0.6 is 0 Å². The highest BCUT2D eigenvalue weighted by atomic mass is 19.4. The second-order valence-electron chi connectivity index (χ2n) is 8.92. The quantitative estimate of drug-likeness (QED) is 0.502. The summed E-state index contributed by atoms with van der Waals surface area (Å²) >= 11 is 0. The van der Waals surface area contributed by atoms with E-state index in [1.807, 2.05) is 0 Å². The largest absolute Gasteiger partial charge is 0.435 e. The number of hydrogen-bond donors (Lipinski definition) is 2. The summed E-state index contributed by atoms with van der Waals surface area (Å²) in [5.74, 6) is -0.720. The number of aromatic nitrogens is 3. The molecule has 6 nitrogen and oxygen atoms in total. The van der Waals surface area contributed by atoms with E-state index >= 15 is 0 Å². The smallest absolute Gasteiger partial charge is 0.393 e. The lowest BCUT2D eigenvalue weighted by atomic mass is 10.00. The first-order valence-corrected chi connectivity index (χ1v) is 10.9. The predicted octanol–water partition coefficient (Wildman–Crippen LogP) is 4.51. The number of nitrogens with one attached hydrogen (secondary N) is 1. The summed E-state index contributed by atoms with van der Waals surface area (Å²) < 4.78 is 94.0. The molecule has 2 N–H and O–H groups in total. The molecule has 0 radical (unpaired) electrons. The maximum Gasteiger partial charge on any atom is 0.435 e. The van der Waals surface area contributed by atoms with Crippen LogP contribution in [-0.4, -0.2) is 49.8 Å². The Labute approximate surface area is 194 Å². The Hall–Kier alpha value is -2.93. The van der Waals surface area contributed by atoms with Crippen LogP contribution in [0.25, 0.3) is 5.65 Å². The van der Waals surface area contributed by atoms with Crippen LogP contribution < -0.4 is 5.32 Å². The number of aliphatic hydroxyl groups is 1. The molecule has 5 rings (SSSR count). The average Bonchev–Trinajstić information content (AvgIpc) is 3.47. The zero-order valence-corrected chi connectivity index (χ0v) is 18.0. The maximum absolute atomic E-state index is 13.5. The molecule has 13 heteroatoms. The van der Waals surface area contributed by atoms with E-state index < -0.39 is 47.4 Å². The number of rotatable bonds is 5. The van der Waals surface area contributed by atoms with Gasteiger partial charge in [-0.05, 0) is 36.5 Å². The van der Waals surface area contributed by atoms with Gasteiger partial charge < -0.3 is 10.4 Å². The molecule has 2 bridgehead atoms. The van der Waals surface area contributed by atoms with Crippen LogP contribution in [0, 0.1) is 11.7 Å². The van der Waals surface area contributed by atoms with Crippen LogP contribution in [0.1, 0.15) is 35.8 Å². The second-order valence-corrected chi connectivity index (χ2v) is 8.92. The molecule has 1 saturated carbocycles. The summed E-state index contributed by atoms with van der Waals surface area (Å²) in [6.45, 7) is 0.539. The molecule has 35 heavy (non-hydrogen) atoms. The molecular weight excluding hydrogens is 483 g/mol. The minimum absolute atomic E-state index is 0.00255. The molecule has 2 aromatic heterocycles. The van der Waals surface area contributed by atoms with Gasteiger partial charge in [0.1, 0.15) is 11.6 Å². The number of aliphatic hydroxyl groups excluding tert-OH is 1. The van der Waals surface area contributed by atoms with Gasteiger partial charge in [0.15, 0.2) is 17.0 Å². The normalized spacial score (nSPS) is 23.8. The first-order valence-electron chi connectivity index (χ1n) is 10.9. The number of halogens is 7. The van der Waals surface area contributed by atoms with Crippen molar-refractivity contribution in [1.29, 1.82) is 0 Å². The van der Waals surface area contributed by atoms with E-state index in [0.29, 0.717) is 35.2 Å². The predicted molar refractivity (Wildman–Crippen MR) is 110 cm³/mol. The minimum atomic E-state index is -4.89. The molecule has 1 unspecified atom stereocenters. The van der Waals surface area contributed by atoms with Gasteiger partial charge in [-0.15, -0.1) is 0 Å². The molecule has 3 heterocycles. The van der Waals surface area contributed by atoms with Crippen molar-refractivity contribution in [1.82, 2.24) is 19.5 Å². The lowest BCUT2D eigenvalue weighted by Crippen LogP contribution is -2.42. The number of alkyl halides is 6. The third kappa shape index (κ3) is 4.54. The lowest BCUT2D eigenvalue weighted by Gasteiger charge is -2.37. The van der Waals surface area contributed by atoms with E-state index in [2.05, 4.69) is 20.3 Å². The fourth-order valence-electron chi connectivity index (χ4n) is 5.04. The van der Waals surface area contributed by atoms with Crippen molar-refractivity contribution >= 4 is 11.5 Å². The average molecular weight is 503 g/mol. The topological polar surface area (TPSA) is 65.7 Å². The van der Waals surface area contributed by atoms with Crippen LogP contribution in [0.5, 0.6) is 0 Å². The maximum atomic E-state index is 13.5. The van der Waals surface area contributed by atoms with Crippen molar-refractivity contribution in [2.45, 2.75) is 43.4 Å². The Kier molecular flexibility index (Phi) is 5.66. The molecule has 1 aliphatic carbocycles. The van der Waals surface area contributed by atoms with E-state index in [-0.39, 0.29) is 24.3 Å². The number of fused-ring (bicyclic) bond motifs is 3. The minimum Gasteiger partial charge on any atom is -0.393 e. The standard InChI is InChI=1S/C22H20F7N5O/c23-13-3-1-11(2-4-13)15(33-10-12-5-14(33)6-16(12)35)9-30-19-7-17(21(24,25)26)31-20-8-18(22(27,28)29)32-34(19)20/h1-4,7-8,12,14-16,30,35H,5-6,9-10H2/t12-,14+,15-,16?/m1/s1. The van der Waals surface area contributed by atoms with Crippen molar-refractivity contribution in [3.8, 4) is 0 Å². The van der Waals surface area contributed by atoms with E-state index in [4.69, 9.17) is 0 Å². The van der Waals surface area contributed by atoms with Crippen LogP contribution in [0.4, 0.5) is 36.6 Å². The molecule has 4 atom stereocenters. The highest BCUT2D eigenvalue weighted by molar-refractivity contribution is 5.51. The van der Waals surface area contributed by atoms with Crippen LogP contribution in [-0.2, 0) is 12.4 Å². The summed E-state index contributed by atoms with van der Waals surface area (Å²) in [7, 11) is 0. The molecule has 0 spiro atoms. The van der Waals surface area contributed by atoms with Gasteiger partial charge in [-0.2, -0.15) is 36.0 Å². The first kappa shape index (κ1) is 23.8. The number of nitrogens with zero attached hydrogens (tertiary/aromatic N) is 4. The molecule has 1 aliphatic heterocycles. The fraction of sp³-hybridized carbons (Fsp3) is 0.455. The summed E-state index contributed by atoms with van der Waals surface area (Å²) in [6.07, 6.45) is -8.90. The molecule has 1 saturated heterocycles. The van der Waals surface area contributed by atoms with Crippen LogP contribution in [0.2, 0.25) is 0 Å². The number of benzene rings is 1. The monoisotopic (exact) mass is 503 g/mol. The van der Waals surface area contributed by atoms with Gasteiger partial charge in [0.05, 0.1) is 12.1 Å². The summed E-state index contributed by atoms with van der Waals surface area (Å²) in [5, 5.41) is 16.4. The summed E-state index contributed by atoms with van der Waals surface area (Å²) in [6, 6.07) is 6.30. The highest BCUT2D eigenvalue weighted by Crippen LogP contribution is 2.42. The van der Waals surface area contributed by atoms with Crippen LogP contribution in [0.3, 0.4) is 0 Å². The first-order chi connectivity index (χ1) is 16.4. The van der Waals surface area contributed by atoms with Gasteiger partial charge in [-0.3, -0.25) is 4.90 Å². The molecule has 2 fully saturated rings. The molecule has 3 aromatic rings. The van der Waals surface area contributed by atoms with Crippen molar-refractivity contribution in [2.75, 3.05) is 18.4 Å². The fourth-order valence-corrected chi connectivity index (χ4v) is 5.04. The third-order valence-electron chi connectivity index (χ3n) is 6.69. The Balaban J connectivity index is 1.50. The van der Waals surface area contributed by atoms with Gasteiger partial charge in [-0.1, -0.05) is 12.1 Å². The molecule has 1 aromatic carbocycles. The van der Waals surface area contributed by atoms with Gasteiger partial charge >= 0.3 is 12.4 Å².